The second-order valence-corrected chi connectivity index (χ2v) is 9.14. The zero-order chi connectivity index (χ0) is 21.5. The lowest BCUT2D eigenvalue weighted by Crippen LogP contribution is -2.30. The number of rotatable bonds is 8. The standard InChI is InChI=1S/C22H25NO5S/c1-22(2,3)19-11-9-18(10-12-19)20(24)16-28-21(25)15-23-29(26,27)14-13-17-7-5-4-6-8-17/h4-14,23H,15-16H2,1-3H3/b14-13+. The third-order valence-corrected chi connectivity index (χ3v) is 5.14. The molecule has 1 N–H and O–H groups in total. The molecule has 0 amide bonds. The molecule has 0 radical (unpaired) electrons. The highest BCUT2D eigenvalue weighted by atomic mass is 32.2. The topological polar surface area (TPSA) is 89.5 Å². The Hall–Kier alpha value is -2.77. The Bertz CT molecular complexity index is 972. The molecule has 0 aliphatic carbocycles. The first-order valence-corrected chi connectivity index (χ1v) is 10.6. The maximum absolute atomic E-state index is 12.1. The highest BCUT2D eigenvalue weighted by Crippen LogP contribution is 2.22. The molecule has 6 nitrogen and oxygen atoms in total. The lowest BCUT2D eigenvalue weighted by atomic mass is 9.86. The number of hydrogen-bond donors (Lipinski definition) is 1. The fourth-order valence-electron chi connectivity index (χ4n) is 2.38. The van der Waals surface area contributed by atoms with Gasteiger partial charge in [-0.1, -0.05) is 75.4 Å². The van der Waals surface area contributed by atoms with Gasteiger partial charge in [0, 0.05) is 11.0 Å². The molecule has 7 heteroatoms. The minimum Gasteiger partial charge on any atom is -0.456 e. The Labute approximate surface area is 171 Å². The van der Waals surface area contributed by atoms with Crippen molar-refractivity contribution in [2.45, 2.75) is 26.2 Å². The highest BCUT2D eigenvalue weighted by Gasteiger charge is 2.16. The first kappa shape index (κ1) is 22.5. The van der Waals surface area contributed by atoms with Crippen LogP contribution < -0.4 is 4.72 Å². The molecule has 0 saturated heterocycles. The lowest BCUT2D eigenvalue weighted by molar-refractivity contribution is -0.141. The van der Waals surface area contributed by atoms with E-state index in [1.54, 1.807) is 36.4 Å². The first-order chi connectivity index (χ1) is 13.6. The van der Waals surface area contributed by atoms with E-state index in [1.807, 2.05) is 18.2 Å². The number of esters is 1. The molecule has 2 aromatic rings. The summed E-state index contributed by atoms with van der Waals surface area (Å²) in [6.07, 6.45) is 1.42. The Morgan fingerprint density at radius 2 is 1.62 bits per heavy atom. The molecule has 154 valence electrons. The smallest absolute Gasteiger partial charge is 0.321 e. The van der Waals surface area contributed by atoms with Crippen LogP contribution >= 0.6 is 0 Å². The summed E-state index contributed by atoms with van der Waals surface area (Å²) in [7, 11) is -3.80. The van der Waals surface area contributed by atoms with Gasteiger partial charge in [-0.15, -0.1) is 0 Å². The molecule has 0 aliphatic heterocycles. The van der Waals surface area contributed by atoms with Crippen molar-refractivity contribution in [3.05, 3.63) is 76.7 Å². The molecule has 0 aromatic heterocycles. The lowest BCUT2D eigenvalue weighted by Gasteiger charge is -2.18. The molecular formula is C22H25NO5S. The van der Waals surface area contributed by atoms with E-state index < -0.39 is 29.1 Å². The molecule has 0 bridgehead atoms. The van der Waals surface area contributed by atoms with Crippen LogP contribution in [0.2, 0.25) is 0 Å². The van der Waals surface area contributed by atoms with E-state index in [2.05, 4.69) is 25.5 Å². The Kier molecular flexibility index (Phi) is 7.47. The summed E-state index contributed by atoms with van der Waals surface area (Å²) in [4.78, 5) is 23.9. The van der Waals surface area contributed by atoms with Crippen LogP contribution in [0.1, 0.15) is 42.3 Å². The predicted octanol–water partition coefficient (Wildman–Crippen LogP) is 3.30. The molecule has 0 fully saturated rings. The number of carbonyl (C=O) groups is 2. The number of Topliss-reactive ketones (excluding diaryl/α,β-unsaturated/α-hetero) is 1. The number of ether oxygens (including phenoxy) is 1. The molecular weight excluding hydrogens is 390 g/mol. The number of sulfonamides is 1. The first-order valence-electron chi connectivity index (χ1n) is 9.09. The van der Waals surface area contributed by atoms with Gasteiger partial charge in [-0.25, -0.2) is 13.1 Å². The van der Waals surface area contributed by atoms with Crippen molar-refractivity contribution in [1.82, 2.24) is 4.72 Å². The summed E-state index contributed by atoms with van der Waals surface area (Å²) in [5.74, 6) is -1.19. The molecule has 29 heavy (non-hydrogen) atoms. The van der Waals surface area contributed by atoms with E-state index in [1.165, 1.54) is 6.08 Å². The molecule has 0 saturated carbocycles. The molecule has 0 atom stereocenters. The zero-order valence-corrected chi connectivity index (χ0v) is 17.5. The Balaban J connectivity index is 1.81. The SMILES string of the molecule is CC(C)(C)c1ccc(C(=O)COC(=O)CNS(=O)(=O)/C=C/c2ccccc2)cc1. The van der Waals surface area contributed by atoms with Crippen molar-refractivity contribution in [2.24, 2.45) is 0 Å². The van der Waals surface area contributed by atoms with Crippen LogP contribution in [-0.4, -0.2) is 33.3 Å². The third kappa shape index (κ3) is 7.63. The van der Waals surface area contributed by atoms with Crippen LogP contribution in [0.3, 0.4) is 0 Å². The van der Waals surface area contributed by atoms with E-state index in [9.17, 15) is 18.0 Å². The normalized spacial score (nSPS) is 12.1. The highest BCUT2D eigenvalue weighted by molar-refractivity contribution is 7.92. The number of nitrogens with one attached hydrogen (secondary N) is 1. The van der Waals surface area contributed by atoms with Gasteiger partial charge in [-0.05, 0) is 22.6 Å². The van der Waals surface area contributed by atoms with Gasteiger partial charge in [0.2, 0.25) is 10.0 Å². The number of benzene rings is 2. The van der Waals surface area contributed by atoms with Crippen molar-refractivity contribution >= 4 is 27.9 Å². The van der Waals surface area contributed by atoms with Gasteiger partial charge in [0.25, 0.3) is 0 Å². The quantitative estimate of drug-likeness (QED) is 0.528. The van der Waals surface area contributed by atoms with Crippen molar-refractivity contribution in [2.75, 3.05) is 13.2 Å². The summed E-state index contributed by atoms with van der Waals surface area (Å²) >= 11 is 0. The van der Waals surface area contributed by atoms with E-state index in [0.717, 1.165) is 11.0 Å². The molecule has 0 heterocycles. The van der Waals surface area contributed by atoms with Crippen LogP contribution in [0.25, 0.3) is 6.08 Å². The van der Waals surface area contributed by atoms with Crippen LogP contribution in [-0.2, 0) is 25.0 Å². The fraction of sp³-hybridized carbons (Fsp3) is 0.273. The average molecular weight is 416 g/mol. The monoisotopic (exact) mass is 415 g/mol. The molecule has 2 rings (SSSR count). The summed E-state index contributed by atoms with van der Waals surface area (Å²) in [5, 5.41) is 0.970. The van der Waals surface area contributed by atoms with Gasteiger partial charge < -0.3 is 4.74 Å². The molecule has 2 aromatic carbocycles. The number of hydrogen-bond acceptors (Lipinski definition) is 5. The third-order valence-electron chi connectivity index (χ3n) is 4.09. The number of carbonyl (C=O) groups excluding carboxylic acids is 2. The summed E-state index contributed by atoms with van der Waals surface area (Å²) in [6.45, 7) is 5.21. The van der Waals surface area contributed by atoms with E-state index in [0.29, 0.717) is 11.1 Å². The van der Waals surface area contributed by atoms with Crippen molar-refractivity contribution in [1.29, 1.82) is 0 Å². The van der Waals surface area contributed by atoms with Gasteiger partial charge in [-0.3, -0.25) is 9.59 Å². The summed E-state index contributed by atoms with van der Waals surface area (Å²) in [6, 6.07) is 16.0. The average Bonchev–Trinajstić information content (AvgIpc) is 2.69. The van der Waals surface area contributed by atoms with E-state index in [-0.39, 0.29) is 11.2 Å². The Morgan fingerprint density at radius 3 is 2.21 bits per heavy atom. The second-order valence-electron chi connectivity index (χ2n) is 7.49. The largest absolute Gasteiger partial charge is 0.456 e. The van der Waals surface area contributed by atoms with Crippen LogP contribution in [0.5, 0.6) is 0 Å². The minimum atomic E-state index is -3.80. The van der Waals surface area contributed by atoms with Crippen molar-refractivity contribution in [3.63, 3.8) is 0 Å². The van der Waals surface area contributed by atoms with Gasteiger partial charge in [0.15, 0.2) is 12.4 Å². The fourth-order valence-corrected chi connectivity index (χ4v) is 3.13. The number of ketones is 1. The van der Waals surface area contributed by atoms with Crippen LogP contribution in [0.15, 0.2) is 60.0 Å². The maximum atomic E-state index is 12.1. The Morgan fingerprint density at radius 1 is 1.00 bits per heavy atom. The predicted molar refractivity (Wildman–Crippen MR) is 113 cm³/mol. The molecule has 0 spiro atoms. The zero-order valence-electron chi connectivity index (χ0n) is 16.7. The molecule has 0 unspecified atom stereocenters. The van der Waals surface area contributed by atoms with E-state index in [4.69, 9.17) is 4.74 Å². The minimum absolute atomic E-state index is 0.0276. The van der Waals surface area contributed by atoms with Crippen LogP contribution in [0.4, 0.5) is 0 Å². The summed E-state index contributed by atoms with van der Waals surface area (Å²) in [5.41, 5.74) is 2.20. The van der Waals surface area contributed by atoms with Crippen molar-refractivity contribution in [3.8, 4) is 0 Å². The van der Waals surface area contributed by atoms with Crippen molar-refractivity contribution < 1.29 is 22.7 Å². The molecule has 0 aliphatic rings. The van der Waals surface area contributed by atoms with Crippen LogP contribution in [0, 0.1) is 0 Å². The van der Waals surface area contributed by atoms with E-state index >= 15 is 0 Å². The van der Waals surface area contributed by atoms with Gasteiger partial charge in [0.05, 0.1) is 0 Å². The maximum Gasteiger partial charge on any atom is 0.321 e. The second kappa shape index (κ2) is 9.62. The van der Waals surface area contributed by atoms with Gasteiger partial charge >= 0.3 is 5.97 Å². The summed E-state index contributed by atoms with van der Waals surface area (Å²) < 4.78 is 30.8. The van der Waals surface area contributed by atoms with Gasteiger partial charge in [-0.2, -0.15) is 0 Å². The van der Waals surface area contributed by atoms with Gasteiger partial charge in [0.1, 0.15) is 6.54 Å².